The zero-order valence-electron chi connectivity index (χ0n) is 13.1. The summed E-state index contributed by atoms with van der Waals surface area (Å²) in [6, 6.07) is 14.2. The lowest BCUT2D eigenvalue weighted by Crippen LogP contribution is -2.13. The van der Waals surface area contributed by atoms with Crippen LogP contribution in [0, 0.1) is 0 Å². The molecule has 126 valence electrons. The number of halogens is 1. The largest absolute Gasteiger partial charge is 0.284 e. The van der Waals surface area contributed by atoms with Crippen molar-refractivity contribution >= 4 is 32.0 Å². The molecule has 7 heteroatoms. The second-order valence-corrected chi connectivity index (χ2v) is 8.54. The van der Waals surface area contributed by atoms with Gasteiger partial charge in [-0.05, 0) is 42.7 Å². The summed E-state index contributed by atoms with van der Waals surface area (Å²) in [5, 5.41) is 7.92. The number of nitrogens with zero attached hydrogens (tertiary/aromatic N) is 3. The van der Waals surface area contributed by atoms with Crippen molar-refractivity contribution in [2.24, 2.45) is 0 Å². The Morgan fingerprint density at radius 1 is 1.04 bits per heavy atom. The summed E-state index contributed by atoms with van der Waals surface area (Å²) in [4.78, 5) is 0.167. The smallest absolute Gasteiger partial charge is 0.199 e. The maximum Gasteiger partial charge on any atom is 0.284 e. The van der Waals surface area contributed by atoms with Crippen molar-refractivity contribution in [1.29, 1.82) is 0 Å². The van der Waals surface area contributed by atoms with E-state index in [0.29, 0.717) is 5.69 Å². The molecule has 0 radical (unpaired) electrons. The fourth-order valence-electron chi connectivity index (χ4n) is 2.50. The van der Waals surface area contributed by atoms with E-state index in [2.05, 4.69) is 32.3 Å². The van der Waals surface area contributed by atoms with Crippen molar-refractivity contribution < 1.29 is 8.42 Å². The molecule has 1 fully saturated rings. The molecule has 0 spiro atoms. The lowest BCUT2D eigenvalue weighted by molar-refractivity contribution is 0.577. The molecule has 4 rings (SSSR count). The van der Waals surface area contributed by atoms with E-state index in [1.807, 2.05) is 24.3 Å². The van der Waals surface area contributed by atoms with Gasteiger partial charge in [0.15, 0.2) is 0 Å². The molecule has 0 amide bonds. The van der Waals surface area contributed by atoms with E-state index in [-0.39, 0.29) is 4.90 Å². The molecule has 1 heterocycles. The molecule has 1 aromatic heterocycles. The Bertz CT molecular complexity index is 1060. The minimum Gasteiger partial charge on any atom is -0.199 e. The Morgan fingerprint density at radius 2 is 1.76 bits per heavy atom. The number of benzene rings is 2. The van der Waals surface area contributed by atoms with Gasteiger partial charge in [-0.15, -0.1) is 9.19 Å². The maximum absolute atomic E-state index is 12.7. The quantitative estimate of drug-likeness (QED) is 0.642. The van der Waals surface area contributed by atoms with Gasteiger partial charge >= 0.3 is 0 Å². The molecule has 0 atom stereocenters. The Kier molecular flexibility index (Phi) is 4.05. The van der Waals surface area contributed by atoms with E-state index in [9.17, 15) is 8.42 Å². The van der Waals surface area contributed by atoms with Gasteiger partial charge in [0.05, 0.1) is 11.1 Å². The van der Waals surface area contributed by atoms with Crippen LogP contribution in [0.2, 0.25) is 0 Å². The van der Waals surface area contributed by atoms with Crippen LogP contribution in [0.25, 0.3) is 17.3 Å². The van der Waals surface area contributed by atoms with Crippen LogP contribution in [0.1, 0.15) is 18.4 Å². The maximum atomic E-state index is 12.7. The summed E-state index contributed by atoms with van der Waals surface area (Å²) in [6.07, 6.45) is 5.84. The summed E-state index contributed by atoms with van der Waals surface area (Å²) in [5.41, 5.74) is 3.83. The van der Waals surface area contributed by atoms with Crippen LogP contribution in [0.15, 0.2) is 69.7 Å². The van der Waals surface area contributed by atoms with E-state index in [0.717, 1.165) is 32.5 Å². The molecule has 25 heavy (non-hydrogen) atoms. The molecule has 1 aliphatic carbocycles. The van der Waals surface area contributed by atoms with Crippen molar-refractivity contribution in [2.45, 2.75) is 17.7 Å². The van der Waals surface area contributed by atoms with E-state index < -0.39 is 10.0 Å². The molecule has 1 saturated carbocycles. The van der Waals surface area contributed by atoms with Gasteiger partial charge in [-0.1, -0.05) is 57.1 Å². The highest BCUT2D eigenvalue weighted by Gasteiger charge is 2.20. The van der Waals surface area contributed by atoms with Crippen LogP contribution in [-0.4, -0.2) is 22.8 Å². The van der Waals surface area contributed by atoms with E-state index >= 15 is 0 Å². The highest BCUT2D eigenvalue weighted by Crippen LogP contribution is 2.33. The van der Waals surface area contributed by atoms with Crippen molar-refractivity contribution in [1.82, 2.24) is 14.4 Å². The summed E-state index contributed by atoms with van der Waals surface area (Å²) in [5.74, 6) is 0. The summed E-state index contributed by atoms with van der Waals surface area (Å²) >= 11 is 3.30. The van der Waals surface area contributed by atoms with E-state index in [1.54, 1.807) is 12.1 Å². The number of allylic oxidation sites excluding steroid dienone is 1. The van der Waals surface area contributed by atoms with Crippen molar-refractivity contribution in [3.05, 3.63) is 70.3 Å². The zero-order chi connectivity index (χ0) is 17.4. The minimum absolute atomic E-state index is 0.167. The van der Waals surface area contributed by atoms with Crippen LogP contribution < -0.4 is 0 Å². The molecule has 0 aliphatic heterocycles. The molecular formula is C18H14BrN3O2S. The van der Waals surface area contributed by atoms with Gasteiger partial charge in [0.1, 0.15) is 5.69 Å². The normalized spacial score (nSPS) is 13.7. The summed E-state index contributed by atoms with van der Waals surface area (Å²) in [6.45, 7) is 0. The van der Waals surface area contributed by atoms with Gasteiger partial charge in [-0.25, -0.2) is 0 Å². The summed E-state index contributed by atoms with van der Waals surface area (Å²) in [7, 11) is -3.76. The third-order valence-corrected chi connectivity index (χ3v) is 6.03. The third kappa shape index (κ3) is 3.29. The minimum atomic E-state index is -3.76. The van der Waals surface area contributed by atoms with Crippen LogP contribution in [0.4, 0.5) is 0 Å². The predicted molar refractivity (Wildman–Crippen MR) is 99.4 cm³/mol. The van der Waals surface area contributed by atoms with E-state index in [1.165, 1.54) is 23.9 Å². The molecule has 0 unspecified atom stereocenters. The van der Waals surface area contributed by atoms with Crippen LogP contribution in [0.3, 0.4) is 0 Å². The number of aromatic nitrogens is 3. The second kappa shape index (κ2) is 6.24. The first kappa shape index (κ1) is 16.2. The second-order valence-electron chi connectivity index (χ2n) is 5.83. The monoisotopic (exact) mass is 415 g/mol. The first-order valence-electron chi connectivity index (χ1n) is 7.76. The third-order valence-electron chi connectivity index (χ3n) is 3.97. The first-order chi connectivity index (χ1) is 12.0. The number of hydrogen-bond donors (Lipinski definition) is 0. The predicted octanol–water partition coefficient (Wildman–Crippen LogP) is 4.12. The molecule has 0 bridgehead atoms. The first-order valence-corrected chi connectivity index (χ1v) is 10.00. The molecule has 1 aliphatic rings. The Hall–Kier alpha value is -2.25. The van der Waals surface area contributed by atoms with Crippen LogP contribution in [0.5, 0.6) is 0 Å². The molecule has 0 N–H and O–H groups in total. The lowest BCUT2D eigenvalue weighted by Gasteiger charge is -2.03. The molecular weight excluding hydrogens is 402 g/mol. The van der Waals surface area contributed by atoms with Crippen molar-refractivity contribution in [3.63, 3.8) is 0 Å². The zero-order valence-corrected chi connectivity index (χ0v) is 15.5. The fourth-order valence-corrected chi connectivity index (χ4v) is 3.83. The van der Waals surface area contributed by atoms with Gasteiger partial charge < -0.3 is 0 Å². The van der Waals surface area contributed by atoms with Gasteiger partial charge in [0, 0.05) is 10.0 Å². The standard InChI is InChI=1S/C18H14BrN3O2S/c19-15-7-9-16(10-8-15)25(23,24)22-12-18(20-21-22)17-4-2-1-3-14(17)11-13-5-6-13/h1-4,7-12H,5-6H2. The molecule has 2 aromatic carbocycles. The molecule has 5 nitrogen and oxygen atoms in total. The highest BCUT2D eigenvalue weighted by atomic mass is 79.9. The lowest BCUT2D eigenvalue weighted by atomic mass is 10.0. The van der Waals surface area contributed by atoms with Gasteiger partial charge in [-0.3, -0.25) is 0 Å². The Labute approximate surface area is 154 Å². The van der Waals surface area contributed by atoms with Crippen molar-refractivity contribution in [3.8, 4) is 11.3 Å². The Morgan fingerprint density at radius 3 is 2.48 bits per heavy atom. The average Bonchev–Trinajstić information content (AvgIpc) is 3.27. The van der Waals surface area contributed by atoms with Crippen LogP contribution >= 0.6 is 15.9 Å². The molecule has 0 saturated heterocycles. The average molecular weight is 416 g/mol. The Balaban J connectivity index is 1.74. The SMILES string of the molecule is O=S(=O)(c1ccc(Br)cc1)n1cc(-c2ccccc2C=C2CC2)nn1. The fraction of sp³-hybridized carbons (Fsp3) is 0.111. The summed E-state index contributed by atoms with van der Waals surface area (Å²) < 4.78 is 27.1. The van der Waals surface area contributed by atoms with Crippen molar-refractivity contribution in [2.75, 3.05) is 0 Å². The van der Waals surface area contributed by atoms with Crippen LogP contribution in [-0.2, 0) is 10.0 Å². The van der Waals surface area contributed by atoms with E-state index in [4.69, 9.17) is 0 Å². The topological polar surface area (TPSA) is 64.8 Å². The van der Waals surface area contributed by atoms with Gasteiger partial charge in [0.25, 0.3) is 10.0 Å². The number of rotatable bonds is 4. The molecule has 3 aromatic rings. The van der Waals surface area contributed by atoms with Gasteiger partial charge in [-0.2, -0.15) is 8.42 Å². The number of hydrogen-bond acceptors (Lipinski definition) is 4. The highest BCUT2D eigenvalue weighted by molar-refractivity contribution is 9.10. The van der Waals surface area contributed by atoms with Gasteiger partial charge in [0.2, 0.25) is 0 Å².